The number of rotatable bonds is 4. The van der Waals surface area contributed by atoms with Crippen molar-refractivity contribution >= 4 is 40.3 Å². The highest BCUT2D eigenvalue weighted by molar-refractivity contribution is 14.1. The van der Waals surface area contributed by atoms with Crippen LogP contribution < -0.4 is 10.6 Å². The van der Waals surface area contributed by atoms with Crippen molar-refractivity contribution in [2.45, 2.75) is 18.9 Å². The van der Waals surface area contributed by atoms with Crippen molar-refractivity contribution < 1.29 is 14.7 Å². The number of carboxylic acid groups (broad SMARTS) is 1. The molecule has 96 valence electrons. The fourth-order valence-corrected chi connectivity index (χ4v) is 2.01. The quantitative estimate of drug-likeness (QED) is 0.721. The predicted octanol–water partition coefficient (Wildman–Crippen LogP) is 2.28. The Bertz CT molecular complexity index is 457. The summed E-state index contributed by atoms with van der Waals surface area (Å²) in [6, 6.07) is 6.02. The van der Waals surface area contributed by atoms with Crippen molar-refractivity contribution in [1.82, 2.24) is 5.32 Å². The average molecular weight is 360 g/mol. The number of amides is 2. The maximum atomic E-state index is 11.7. The van der Waals surface area contributed by atoms with Crippen molar-refractivity contribution in [2.24, 2.45) is 5.92 Å². The number of benzene rings is 1. The standard InChI is InChI=1S/C12H13IN2O3/c13-8-3-5-9(6-4-8)14-12(18)15-10(11(16)17)7-1-2-7/h3-7,10H,1-2H2,(H,16,17)(H2,14,15,18). The van der Waals surface area contributed by atoms with Crippen LogP contribution in [0, 0.1) is 9.49 Å². The summed E-state index contributed by atoms with van der Waals surface area (Å²) in [6.07, 6.45) is 1.72. The molecule has 0 spiro atoms. The molecule has 1 aliphatic carbocycles. The molecule has 0 aromatic heterocycles. The molecular formula is C12H13IN2O3. The molecule has 2 amide bonds. The Morgan fingerprint density at radius 2 is 1.89 bits per heavy atom. The Balaban J connectivity index is 1.91. The van der Waals surface area contributed by atoms with Gasteiger partial charge in [-0.1, -0.05) is 0 Å². The molecule has 1 aromatic rings. The molecule has 1 fully saturated rings. The van der Waals surface area contributed by atoms with E-state index in [-0.39, 0.29) is 5.92 Å². The molecule has 3 N–H and O–H groups in total. The van der Waals surface area contributed by atoms with E-state index in [4.69, 9.17) is 5.11 Å². The van der Waals surface area contributed by atoms with Crippen LogP contribution in [0.4, 0.5) is 10.5 Å². The van der Waals surface area contributed by atoms with E-state index in [2.05, 4.69) is 33.2 Å². The number of aliphatic carboxylic acids is 1. The Morgan fingerprint density at radius 1 is 1.28 bits per heavy atom. The number of nitrogens with one attached hydrogen (secondary N) is 2. The zero-order valence-corrected chi connectivity index (χ0v) is 11.7. The minimum absolute atomic E-state index is 0.0740. The summed E-state index contributed by atoms with van der Waals surface area (Å²) >= 11 is 2.17. The summed E-state index contributed by atoms with van der Waals surface area (Å²) in [5, 5.41) is 14.1. The van der Waals surface area contributed by atoms with Crippen LogP contribution in [0.25, 0.3) is 0 Å². The van der Waals surface area contributed by atoms with Crippen molar-refractivity contribution in [1.29, 1.82) is 0 Å². The number of carboxylic acids is 1. The lowest BCUT2D eigenvalue weighted by atomic mass is 10.2. The van der Waals surface area contributed by atoms with Crippen LogP contribution in [-0.2, 0) is 4.79 Å². The van der Waals surface area contributed by atoms with E-state index in [0.717, 1.165) is 16.4 Å². The first-order valence-electron chi connectivity index (χ1n) is 5.62. The van der Waals surface area contributed by atoms with E-state index in [9.17, 15) is 9.59 Å². The maximum Gasteiger partial charge on any atom is 0.326 e. The predicted molar refractivity (Wildman–Crippen MR) is 75.5 cm³/mol. The smallest absolute Gasteiger partial charge is 0.326 e. The molecule has 0 heterocycles. The number of halogens is 1. The third-order valence-corrected chi connectivity index (χ3v) is 3.47. The summed E-state index contributed by atoms with van der Waals surface area (Å²) in [7, 11) is 0. The van der Waals surface area contributed by atoms with Gasteiger partial charge in [0.25, 0.3) is 0 Å². The van der Waals surface area contributed by atoms with E-state index in [1.807, 2.05) is 12.1 Å². The van der Waals surface area contributed by atoms with Crippen LogP contribution in [0.2, 0.25) is 0 Å². The molecule has 1 unspecified atom stereocenters. The SMILES string of the molecule is O=C(Nc1ccc(I)cc1)NC(C(=O)O)C1CC1. The third kappa shape index (κ3) is 3.59. The molecule has 0 bridgehead atoms. The molecule has 6 heteroatoms. The molecule has 1 aliphatic rings. The lowest BCUT2D eigenvalue weighted by Gasteiger charge is -2.14. The molecule has 5 nitrogen and oxygen atoms in total. The fraction of sp³-hybridized carbons (Fsp3) is 0.333. The van der Waals surface area contributed by atoms with Gasteiger partial charge in [-0.15, -0.1) is 0 Å². The lowest BCUT2D eigenvalue weighted by molar-refractivity contribution is -0.139. The van der Waals surface area contributed by atoms with Gasteiger partial charge in [0.1, 0.15) is 6.04 Å². The van der Waals surface area contributed by atoms with Gasteiger partial charge >= 0.3 is 12.0 Å². The monoisotopic (exact) mass is 360 g/mol. The number of anilines is 1. The van der Waals surface area contributed by atoms with Crippen molar-refractivity contribution in [3.8, 4) is 0 Å². The topological polar surface area (TPSA) is 78.4 Å². The first kappa shape index (κ1) is 13.1. The van der Waals surface area contributed by atoms with Crippen LogP contribution in [0.3, 0.4) is 0 Å². The van der Waals surface area contributed by atoms with E-state index in [1.54, 1.807) is 12.1 Å². The minimum Gasteiger partial charge on any atom is -0.480 e. The van der Waals surface area contributed by atoms with E-state index in [1.165, 1.54) is 0 Å². The highest BCUT2D eigenvalue weighted by Gasteiger charge is 2.37. The second-order valence-corrected chi connectivity index (χ2v) is 5.50. The van der Waals surface area contributed by atoms with Gasteiger partial charge in [0, 0.05) is 9.26 Å². The van der Waals surface area contributed by atoms with Gasteiger partial charge in [-0.25, -0.2) is 9.59 Å². The summed E-state index contributed by atoms with van der Waals surface area (Å²) in [5.74, 6) is -0.903. The van der Waals surface area contributed by atoms with Gasteiger partial charge in [-0.05, 0) is 65.6 Å². The number of urea groups is 1. The van der Waals surface area contributed by atoms with Gasteiger partial charge in [0.2, 0.25) is 0 Å². The summed E-state index contributed by atoms with van der Waals surface area (Å²) < 4.78 is 1.07. The molecule has 18 heavy (non-hydrogen) atoms. The van der Waals surface area contributed by atoms with Gasteiger partial charge < -0.3 is 15.7 Å². The normalized spacial score (nSPS) is 15.8. The Kier molecular flexibility index (Phi) is 4.05. The molecule has 0 aliphatic heterocycles. The molecule has 2 rings (SSSR count). The lowest BCUT2D eigenvalue weighted by Crippen LogP contribution is -2.44. The van der Waals surface area contributed by atoms with Crippen LogP contribution >= 0.6 is 22.6 Å². The van der Waals surface area contributed by atoms with E-state index >= 15 is 0 Å². The fourth-order valence-electron chi connectivity index (χ4n) is 1.65. The van der Waals surface area contributed by atoms with Gasteiger partial charge in [0.15, 0.2) is 0 Å². The Labute approximate surface area is 118 Å². The van der Waals surface area contributed by atoms with Crippen molar-refractivity contribution in [3.63, 3.8) is 0 Å². The largest absolute Gasteiger partial charge is 0.480 e. The van der Waals surface area contributed by atoms with Crippen molar-refractivity contribution in [3.05, 3.63) is 27.8 Å². The summed E-state index contributed by atoms with van der Waals surface area (Å²) in [4.78, 5) is 22.6. The number of hydrogen-bond donors (Lipinski definition) is 3. The number of carbonyl (C=O) groups is 2. The number of carbonyl (C=O) groups excluding carboxylic acids is 1. The first-order valence-corrected chi connectivity index (χ1v) is 6.70. The minimum atomic E-state index is -0.977. The molecule has 0 radical (unpaired) electrons. The second kappa shape index (κ2) is 5.55. The average Bonchev–Trinajstić information content (AvgIpc) is 3.13. The third-order valence-electron chi connectivity index (χ3n) is 2.75. The maximum absolute atomic E-state index is 11.7. The van der Waals surface area contributed by atoms with Gasteiger partial charge in [-0.2, -0.15) is 0 Å². The van der Waals surface area contributed by atoms with Crippen LogP contribution in [-0.4, -0.2) is 23.1 Å². The van der Waals surface area contributed by atoms with Crippen LogP contribution in [0.15, 0.2) is 24.3 Å². The highest BCUT2D eigenvalue weighted by atomic mass is 127. The molecule has 0 saturated heterocycles. The first-order chi connectivity index (χ1) is 8.56. The van der Waals surface area contributed by atoms with Crippen LogP contribution in [0.5, 0.6) is 0 Å². The zero-order chi connectivity index (χ0) is 13.1. The van der Waals surface area contributed by atoms with E-state index in [0.29, 0.717) is 5.69 Å². The Hall–Kier alpha value is -1.31. The molecular weight excluding hydrogens is 347 g/mol. The van der Waals surface area contributed by atoms with E-state index < -0.39 is 18.0 Å². The molecule has 1 saturated carbocycles. The van der Waals surface area contributed by atoms with Crippen LogP contribution in [0.1, 0.15) is 12.8 Å². The Morgan fingerprint density at radius 3 is 2.39 bits per heavy atom. The summed E-state index contributed by atoms with van der Waals surface area (Å²) in [6.45, 7) is 0. The number of hydrogen-bond acceptors (Lipinski definition) is 2. The van der Waals surface area contributed by atoms with Gasteiger partial charge in [-0.3, -0.25) is 0 Å². The zero-order valence-electron chi connectivity index (χ0n) is 9.52. The highest BCUT2D eigenvalue weighted by Crippen LogP contribution is 2.32. The summed E-state index contributed by atoms with van der Waals surface area (Å²) in [5.41, 5.74) is 0.646. The second-order valence-electron chi connectivity index (χ2n) is 4.26. The van der Waals surface area contributed by atoms with Gasteiger partial charge in [0.05, 0.1) is 0 Å². The van der Waals surface area contributed by atoms with Crippen molar-refractivity contribution in [2.75, 3.05) is 5.32 Å². The molecule has 1 atom stereocenters. The molecule has 1 aromatic carbocycles.